The number of urea groups is 1. The SMILES string of the molecule is Cc1ccc(C(C)NC(=O)Nc2ccccc2F)cc1. The zero-order valence-electron chi connectivity index (χ0n) is 11.5. The minimum absolute atomic E-state index is 0.151. The first-order chi connectivity index (χ1) is 9.56. The Morgan fingerprint density at radius 3 is 2.40 bits per heavy atom. The van der Waals surface area contributed by atoms with Crippen LogP contribution in [0.3, 0.4) is 0 Å². The number of nitrogens with one attached hydrogen (secondary N) is 2. The van der Waals surface area contributed by atoms with Gasteiger partial charge in [-0.05, 0) is 31.5 Å². The highest BCUT2D eigenvalue weighted by Crippen LogP contribution is 2.15. The first-order valence-electron chi connectivity index (χ1n) is 6.45. The number of carbonyl (C=O) groups excluding carboxylic acids is 1. The van der Waals surface area contributed by atoms with Crippen molar-refractivity contribution in [1.29, 1.82) is 0 Å². The fourth-order valence-corrected chi connectivity index (χ4v) is 1.86. The molecule has 104 valence electrons. The molecule has 2 aromatic rings. The van der Waals surface area contributed by atoms with Crippen LogP contribution in [-0.2, 0) is 0 Å². The summed E-state index contributed by atoms with van der Waals surface area (Å²) in [4.78, 5) is 11.8. The number of benzene rings is 2. The van der Waals surface area contributed by atoms with Gasteiger partial charge >= 0.3 is 6.03 Å². The molecule has 0 saturated carbocycles. The third-order valence-electron chi connectivity index (χ3n) is 3.05. The summed E-state index contributed by atoms with van der Waals surface area (Å²) in [5, 5.41) is 5.27. The average Bonchev–Trinajstić information content (AvgIpc) is 2.42. The van der Waals surface area contributed by atoms with Crippen molar-refractivity contribution in [2.24, 2.45) is 0 Å². The van der Waals surface area contributed by atoms with Crippen LogP contribution in [0.1, 0.15) is 24.1 Å². The number of hydrogen-bond acceptors (Lipinski definition) is 1. The van der Waals surface area contributed by atoms with Crippen LogP contribution in [0, 0.1) is 12.7 Å². The molecule has 0 aliphatic heterocycles. The van der Waals surface area contributed by atoms with Gasteiger partial charge in [0.15, 0.2) is 0 Å². The predicted octanol–water partition coefficient (Wildman–Crippen LogP) is 4.02. The minimum atomic E-state index is -0.453. The molecule has 0 radical (unpaired) electrons. The molecule has 0 spiro atoms. The number of aryl methyl sites for hydroxylation is 1. The lowest BCUT2D eigenvalue weighted by Crippen LogP contribution is -2.31. The molecule has 3 nitrogen and oxygen atoms in total. The van der Waals surface area contributed by atoms with Gasteiger partial charge in [0.25, 0.3) is 0 Å². The number of hydrogen-bond donors (Lipinski definition) is 2. The second-order valence-electron chi connectivity index (χ2n) is 4.71. The Labute approximate surface area is 117 Å². The normalized spacial score (nSPS) is 11.8. The van der Waals surface area contributed by atoms with Gasteiger partial charge in [-0.3, -0.25) is 0 Å². The van der Waals surface area contributed by atoms with E-state index in [1.807, 2.05) is 38.1 Å². The van der Waals surface area contributed by atoms with E-state index in [9.17, 15) is 9.18 Å². The zero-order valence-corrected chi connectivity index (χ0v) is 11.5. The smallest absolute Gasteiger partial charge is 0.319 e. The van der Waals surface area contributed by atoms with Crippen molar-refractivity contribution in [2.75, 3.05) is 5.32 Å². The van der Waals surface area contributed by atoms with Gasteiger partial charge in [-0.15, -0.1) is 0 Å². The minimum Gasteiger partial charge on any atom is -0.331 e. The molecule has 2 rings (SSSR count). The Bertz CT molecular complexity index is 596. The van der Waals surface area contributed by atoms with Crippen molar-refractivity contribution < 1.29 is 9.18 Å². The van der Waals surface area contributed by atoms with Gasteiger partial charge in [-0.2, -0.15) is 0 Å². The molecule has 4 heteroatoms. The summed E-state index contributed by atoms with van der Waals surface area (Å²) in [5.41, 5.74) is 2.33. The molecule has 0 bridgehead atoms. The molecule has 2 amide bonds. The second kappa shape index (κ2) is 6.19. The molecule has 2 N–H and O–H groups in total. The molecule has 0 aliphatic rings. The summed E-state index contributed by atoms with van der Waals surface area (Å²) in [7, 11) is 0. The lowest BCUT2D eigenvalue weighted by atomic mass is 10.1. The fraction of sp³-hybridized carbons (Fsp3) is 0.188. The molecule has 0 aromatic heterocycles. The van der Waals surface area contributed by atoms with Crippen molar-refractivity contribution in [3.05, 3.63) is 65.5 Å². The van der Waals surface area contributed by atoms with Crippen LogP contribution in [0.5, 0.6) is 0 Å². The monoisotopic (exact) mass is 272 g/mol. The second-order valence-corrected chi connectivity index (χ2v) is 4.71. The average molecular weight is 272 g/mol. The van der Waals surface area contributed by atoms with Gasteiger partial charge < -0.3 is 10.6 Å². The number of anilines is 1. The van der Waals surface area contributed by atoms with Gasteiger partial charge in [0.1, 0.15) is 5.82 Å². The van der Waals surface area contributed by atoms with Crippen LogP contribution >= 0.6 is 0 Å². The Kier molecular flexibility index (Phi) is 4.35. The quantitative estimate of drug-likeness (QED) is 0.870. The van der Waals surface area contributed by atoms with Crippen molar-refractivity contribution in [3.8, 4) is 0 Å². The van der Waals surface area contributed by atoms with Crippen LogP contribution in [-0.4, -0.2) is 6.03 Å². The van der Waals surface area contributed by atoms with E-state index < -0.39 is 11.8 Å². The first kappa shape index (κ1) is 14.1. The fourth-order valence-electron chi connectivity index (χ4n) is 1.86. The van der Waals surface area contributed by atoms with Gasteiger partial charge in [0.2, 0.25) is 0 Å². The van der Waals surface area contributed by atoms with E-state index >= 15 is 0 Å². The van der Waals surface area contributed by atoms with Crippen LogP contribution in [0.15, 0.2) is 48.5 Å². The lowest BCUT2D eigenvalue weighted by molar-refractivity contribution is 0.249. The van der Waals surface area contributed by atoms with Crippen molar-refractivity contribution >= 4 is 11.7 Å². The Hall–Kier alpha value is -2.36. The third kappa shape index (κ3) is 3.57. The van der Waals surface area contributed by atoms with E-state index in [1.165, 1.54) is 12.1 Å². The number of amides is 2. The van der Waals surface area contributed by atoms with E-state index in [1.54, 1.807) is 12.1 Å². The van der Waals surface area contributed by atoms with E-state index in [0.29, 0.717) is 0 Å². The van der Waals surface area contributed by atoms with Crippen LogP contribution in [0.25, 0.3) is 0 Å². The Morgan fingerprint density at radius 2 is 1.75 bits per heavy atom. The van der Waals surface area contributed by atoms with Gasteiger partial charge in [-0.1, -0.05) is 42.0 Å². The standard InChI is InChI=1S/C16H17FN2O/c1-11-7-9-13(10-8-11)12(2)18-16(20)19-15-6-4-3-5-14(15)17/h3-10,12H,1-2H3,(H2,18,19,20). The molecule has 1 atom stereocenters. The zero-order chi connectivity index (χ0) is 14.5. The van der Waals surface area contributed by atoms with E-state index in [4.69, 9.17) is 0 Å². The summed E-state index contributed by atoms with van der Waals surface area (Å²) >= 11 is 0. The summed E-state index contributed by atoms with van der Waals surface area (Å²) in [5.74, 6) is -0.453. The summed E-state index contributed by atoms with van der Waals surface area (Å²) < 4.78 is 13.4. The Morgan fingerprint density at radius 1 is 1.10 bits per heavy atom. The maximum absolute atomic E-state index is 13.4. The maximum Gasteiger partial charge on any atom is 0.319 e. The van der Waals surface area contributed by atoms with E-state index in [0.717, 1.165) is 11.1 Å². The summed E-state index contributed by atoms with van der Waals surface area (Å²) in [6, 6.07) is 13.4. The van der Waals surface area contributed by atoms with E-state index in [2.05, 4.69) is 10.6 Å². The highest BCUT2D eigenvalue weighted by atomic mass is 19.1. The molecule has 0 fully saturated rings. The van der Waals surface area contributed by atoms with Crippen LogP contribution < -0.4 is 10.6 Å². The summed E-state index contributed by atoms with van der Waals surface area (Å²) in [6.07, 6.45) is 0. The van der Waals surface area contributed by atoms with Crippen molar-refractivity contribution in [3.63, 3.8) is 0 Å². The number of rotatable bonds is 3. The highest BCUT2D eigenvalue weighted by Gasteiger charge is 2.10. The number of carbonyl (C=O) groups is 1. The molecular weight excluding hydrogens is 255 g/mol. The maximum atomic E-state index is 13.4. The van der Waals surface area contributed by atoms with Crippen LogP contribution in [0.4, 0.5) is 14.9 Å². The summed E-state index contributed by atoms with van der Waals surface area (Å²) in [6.45, 7) is 3.89. The van der Waals surface area contributed by atoms with Gasteiger partial charge in [0.05, 0.1) is 11.7 Å². The third-order valence-corrected chi connectivity index (χ3v) is 3.05. The number of para-hydroxylation sites is 1. The largest absolute Gasteiger partial charge is 0.331 e. The van der Waals surface area contributed by atoms with Gasteiger partial charge in [-0.25, -0.2) is 9.18 Å². The molecule has 0 saturated heterocycles. The topological polar surface area (TPSA) is 41.1 Å². The van der Waals surface area contributed by atoms with E-state index in [-0.39, 0.29) is 11.7 Å². The molecule has 1 unspecified atom stereocenters. The number of halogens is 1. The molecule has 0 heterocycles. The molecule has 20 heavy (non-hydrogen) atoms. The van der Waals surface area contributed by atoms with Gasteiger partial charge in [0, 0.05) is 0 Å². The van der Waals surface area contributed by atoms with Crippen LogP contribution in [0.2, 0.25) is 0 Å². The van der Waals surface area contributed by atoms with Crippen molar-refractivity contribution in [1.82, 2.24) is 5.32 Å². The predicted molar refractivity (Wildman–Crippen MR) is 78.1 cm³/mol. The molecule has 2 aromatic carbocycles. The van der Waals surface area contributed by atoms with Crippen molar-refractivity contribution in [2.45, 2.75) is 19.9 Å². The first-order valence-corrected chi connectivity index (χ1v) is 6.45. The lowest BCUT2D eigenvalue weighted by Gasteiger charge is -2.15. The highest BCUT2D eigenvalue weighted by molar-refractivity contribution is 5.89. The Balaban J connectivity index is 1.98. The molecule has 0 aliphatic carbocycles. The molecular formula is C16H17FN2O.